The van der Waals surface area contributed by atoms with Gasteiger partial charge in [0.05, 0.1) is 6.61 Å². The van der Waals surface area contributed by atoms with E-state index in [2.05, 4.69) is 35.0 Å². The molecule has 0 bridgehead atoms. The van der Waals surface area contributed by atoms with Crippen LogP contribution in [-0.4, -0.2) is 46.2 Å². The molecule has 0 spiro atoms. The van der Waals surface area contributed by atoms with E-state index in [4.69, 9.17) is 5.11 Å². The van der Waals surface area contributed by atoms with E-state index in [0.717, 1.165) is 13.1 Å². The van der Waals surface area contributed by atoms with Gasteiger partial charge in [0.1, 0.15) is 0 Å². The Bertz CT molecular complexity index is 136. The molecule has 0 radical (unpaired) electrons. The molecule has 1 rings (SSSR count). The molecule has 0 saturated carbocycles. The van der Waals surface area contributed by atoms with Crippen LogP contribution in [0.3, 0.4) is 0 Å². The normalized spacial score (nSPS) is 36.0. The Balaban J connectivity index is 2.48. The molecule has 2 unspecified atom stereocenters. The van der Waals surface area contributed by atoms with Crippen molar-refractivity contribution in [3.8, 4) is 0 Å². The minimum absolute atomic E-state index is 0.237. The molecule has 3 nitrogen and oxygen atoms in total. The van der Waals surface area contributed by atoms with Crippen LogP contribution in [0.1, 0.15) is 6.92 Å². The fourth-order valence-corrected chi connectivity index (χ4v) is 2.08. The van der Waals surface area contributed by atoms with E-state index < -0.39 is 0 Å². The van der Waals surface area contributed by atoms with Crippen LogP contribution in [0.2, 0.25) is 0 Å². The first-order valence-electron chi connectivity index (χ1n) is 3.78. The van der Waals surface area contributed by atoms with Gasteiger partial charge < -0.3 is 5.11 Å². The Morgan fingerprint density at radius 3 is 2.55 bits per heavy atom. The fraction of sp³-hybridized carbons (Fsp3) is 1.00. The zero-order chi connectivity index (χ0) is 8.43. The lowest BCUT2D eigenvalue weighted by Crippen LogP contribution is -2.51. The van der Waals surface area contributed by atoms with E-state index in [-0.39, 0.29) is 12.6 Å². The summed E-state index contributed by atoms with van der Waals surface area (Å²) in [6, 6.07) is 0.828. The summed E-state index contributed by atoms with van der Waals surface area (Å²) in [6.45, 7) is 4.34. The number of rotatable bonds is 1. The molecule has 66 valence electrons. The molecule has 4 atom stereocenters. The van der Waals surface area contributed by atoms with Crippen LogP contribution >= 0.6 is 18.8 Å². The van der Waals surface area contributed by atoms with Crippen LogP contribution in [0.4, 0.5) is 0 Å². The van der Waals surface area contributed by atoms with Gasteiger partial charge in [-0.3, -0.25) is 9.34 Å². The molecule has 1 heterocycles. The average molecular weight is 194 g/mol. The van der Waals surface area contributed by atoms with Crippen molar-refractivity contribution in [1.82, 2.24) is 9.34 Å². The first kappa shape index (κ1) is 9.83. The summed E-state index contributed by atoms with van der Waals surface area (Å²) in [6.07, 6.45) is 0. The molecule has 11 heavy (non-hydrogen) atoms. The quantitative estimate of drug-likeness (QED) is 0.592. The van der Waals surface area contributed by atoms with Crippen molar-refractivity contribution in [2.75, 3.05) is 19.7 Å². The lowest BCUT2D eigenvalue weighted by Gasteiger charge is -2.40. The fourth-order valence-electron chi connectivity index (χ4n) is 1.25. The highest BCUT2D eigenvalue weighted by Gasteiger charge is 2.26. The largest absolute Gasteiger partial charge is 0.395 e. The third kappa shape index (κ3) is 2.34. The van der Waals surface area contributed by atoms with Crippen molar-refractivity contribution in [1.29, 1.82) is 0 Å². The van der Waals surface area contributed by atoms with Crippen LogP contribution in [0, 0.1) is 0 Å². The molecule has 1 aliphatic rings. The van der Waals surface area contributed by atoms with E-state index in [1.54, 1.807) is 0 Å². The van der Waals surface area contributed by atoms with Gasteiger partial charge in [-0.25, -0.2) is 0 Å². The van der Waals surface area contributed by atoms with Crippen molar-refractivity contribution >= 4 is 18.8 Å². The molecule has 0 aromatic carbocycles. The second-order valence-electron chi connectivity index (χ2n) is 3.08. The van der Waals surface area contributed by atoms with Crippen molar-refractivity contribution in [3.05, 3.63) is 0 Å². The molecule has 0 amide bonds. The highest BCUT2D eigenvalue weighted by molar-refractivity contribution is 7.14. The lowest BCUT2D eigenvalue weighted by atomic mass is 10.2. The van der Waals surface area contributed by atoms with Crippen molar-refractivity contribution in [2.45, 2.75) is 19.0 Å². The topological polar surface area (TPSA) is 26.7 Å². The summed E-state index contributed by atoms with van der Waals surface area (Å²) in [5.41, 5.74) is 0. The molecular formula is C6H16N2OP2. The highest BCUT2D eigenvalue weighted by atomic mass is 31.0. The molecule has 1 fully saturated rings. The van der Waals surface area contributed by atoms with E-state index >= 15 is 0 Å². The molecule has 1 saturated heterocycles. The monoisotopic (exact) mass is 194 g/mol. The first-order valence-corrected chi connectivity index (χ1v) is 4.82. The van der Waals surface area contributed by atoms with Crippen molar-refractivity contribution in [3.63, 3.8) is 0 Å². The van der Waals surface area contributed by atoms with Gasteiger partial charge in [-0.2, -0.15) is 0 Å². The maximum absolute atomic E-state index is 8.97. The van der Waals surface area contributed by atoms with Crippen LogP contribution in [0.5, 0.6) is 0 Å². The zero-order valence-corrected chi connectivity index (χ0v) is 9.08. The van der Waals surface area contributed by atoms with Crippen LogP contribution in [-0.2, 0) is 0 Å². The van der Waals surface area contributed by atoms with Gasteiger partial charge in [-0.15, -0.1) is 0 Å². The molecule has 1 N–H and O–H groups in total. The minimum Gasteiger partial charge on any atom is -0.395 e. The lowest BCUT2D eigenvalue weighted by molar-refractivity contribution is 0.117. The standard InChI is InChI=1S/C6H16N2OP2/c1-5-2-8(11)6(4-9)3-7(5)10/h5-6,9H,2-4,10-11H2,1H3/t5-,6-/m1/s1. The minimum atomic E-state index is 0.237. The molecular weight excluding hydrogens is 178 g/mol. The first-order chi connectivity index (χ1) is 5.15. The molecule has 0 aliphatic carbocycles. The summed E-state index contributed by atoms with van der Waals surface area (Å²) in [7, 11) is 5.37. The maximum Gasteiger partial charge on any atom is 0.0602 e. The molecule has 1 aliphatic heterocycles. The summed E-state index contributed by atoms with van der Waals surface area (Å²) in [5, 5.41) is 8.97. The number of hydrogen-bond donors (Lipinski definition) is 1. The van der Waals surface area contributed by atoms with E-state index in [0.29, 0.717) is 6.04 Å². The second-order valence-corrected chi connectivity index (χ2v) is 4.41. The molecule has 5 heteroatoms. The van der Waals surface area contributed by atoms with Gasteiger partial charge in [-0.05, 0) is 6.92 Å². The predicted molar refractivity (Wildman–Crippen MR) is 53.2 cm³/mol. The number of nitrogens with zero attached hydrogens (tertiary/aromatic N) is 2. The Labute approximate surface area is 72.6 Å². The van der Waals surface area contributed by atoms with E-state index in [1.165, 1.54) is 0 Å². The molecule has 0 aromatic heterocycles. The summed E-state index contributed by atoms with van der Waals surface area (Å²) in [5.74, 6) is 0. The third-order valence-electron chi connectivity index (χ3n) is 2.14. The van der Waals surface area contributed by atoms with Crippen LogP contribution in [0.15, 0.2) is 0 Å². The van der Waals surface area contributed by atoms with E-state index in [9.17, 15) is 0 Å². The SMILES string of the molecule is C[C@@H]1CN(P)[C@@H](CO)CN1P. The summed E-state index contributed by atoms with van der Waals surface area (Å²) in [4.78, 5) is 0. The predicted octanol–water partition coefficient (Wildman–Crippen LogP) is -0.0664. The Morgan fingerprint density at radius 1 is 1.36 bits per heavy atom. The Kier molecular flexibility index (Phi) is 3.67. The Hall–Kier alpha value is 0.740. The van der Waals surface area contributed by atoms with Crippen molar-refractivity contribution < 1.29 is 5.11 Å². The average Bonchev–Trinajstić information content (AvgIpc) is 1.97. The van der Waals surface area contributed by atoms with Gasteiger partial charge in [0, 0.05) is 25.2 Å². The highest BCUT2D eigenvalue weighted by Crippen LogP contribution is 2.20. The van der Waals surface area contributed by atoms with Gasteiger partial charge in [-0.1, -0.05) is 18.8 Å². The van der Waals surface area contributed by atoms with E-state index in [1.807, 2.05) is 0 Å². The van der Waals surface area contributed by atoms with Crippen LogP contribution < -0.4 is 0 Å². The third-order valence-corrected chi connectivity index (χ3v) is 3.49. The zero-order valence-electron chi connectivity index (χ0n) is 6.77. The summed E-state index contributed by atoms with van der Waals surface area (Å²) >= 11 is 0. The van der Waals surface area contributed by atoms with Crippen molar-refractivity contribution in [2.24, 2.45) is 0 Å². The number of piperazine rings is 1. The smallest absolute Gasteiger partial charge is 0.0602 e. The van der Waals surface area contributed by atoms with Gasteiger partial charge in [0.2, 0.25) is 0 Å². The number of aliphatic hydroxyl groups excluding tert-OH is 1. The Morgan fingerprint density at radius 2 is 2.00 bits per heavy atom. The number of hydrogen-bond acceptors (Lipinski definition) is 3. The molecule has 0 aromatic rings. The van der Waals surface area contributed by atoms with Gasteiger partial charge in [0.15, 0.2) is 0 Å². The van der Waals surface area contributed by atoms with Gasteiger partial charge in [0.25, 0.3) is 0 Å². The summed E-state index contributed by atoms with van der Waals surface area (Å²) < 4.78 is 4.33. The second kappa shape index (κ2) is 4.11. The number of aliphatic hydroxyl groups is 1. The van der Waals surface area contributed by atoms with Crippen LogP contribution in [0.25, 0.3) is 0 Å². The maximum atomic E-state index is 8.97. The van der Waals surface area contributed by atoms with Gasteiger partial charge >= 0.3 is 0 Å².